The van der Waals surface area contributed by atoms with Crippen molar-refractivity contribution in [2.24, 2.45) is 0 Å². The van der Waals surface area contributed by atoms with E-state index in [1.165, 1.54) is 0 Å². The fraction of sp³-hybridized carbons (Fsp3) is 0.0909. The number of amides is 2. The van der Waals surface area contributed by atoms with E-state index in [1.807, 2.05) is 48.5 Å². The molecule has 0 unspecified atom stereocenters. The smallest absolute Gasteiger partial charge is 0.252 e. The summed E-state index contributed by atoms with van der Waals surface area (Å²) in [5, 5.41) is 8.78. The number of ether oxygens (including phenoxy) is 1. The Balaban J connectivity index is 1.45. The first kappa shape index (κ1) is 17.6. The summed E-state index contributed by atoms with van der Waals surface area (Å²) < 4.78 is 5.66. The van der Waals surface area contributed by atoms with Crippen molar-refractivity contribution in [3.05, 3.63) is 84.4 Å². The van der Waals surface area contributed by atoms with Crippen molar-refractivity contribution < 1.29 is 14.3 Å². The number of anilines is 3. The molecule has 2 amide bonds. The highest BCUT2D eigenvalue weighted by Gasteiger charge is 2.26. The van der Waals surface area contributed by atoms with Crippen molar-refractivity contribution in [2.45, 2.75) is 6.04 Å². The molecule has 0 spiro atoms. The Bertz CT molecular complexity index is 1000. The van der Waals surface area contributed by atoms with Gasteiger partial charge in [-0.05, 0) is 42.5 Å². The SMILES string of the molecule is O=C(N[C@H]1COc2ccccc2NC1=O)c1cccc(Nc2ccccc2)c1. The topological polar surface area (TPSA) is 79.5 Å². The summed E-state index contributed by atoms with van der Waals surface area (Å²) in [4.78, 5) is 25.1. The molecule has 3 N–H and O–H groups in total. The van der Waals surface area contributed by atoms with Crippen molar-refractivity contribution in [1.82, 2.24) is 5.32 Å². The molecule has 1 atom stereocenters. The Morgan fingerprint density at radius 3 is 2.54 bits per heavy atom. The molecule has 0 saturated carbocycles. The Hall–Kier alpha value is -3.80. The van der Waals surface area contributed by atoms with Crippen LogP contribution in [0, 0.1) is 0 Å². The van der Waals surface area contributed by atoms with Crippen LogP contribution in [0.4, 0.5) is 17.1 Å². The molecule has 0 bridgehead atoms. The summed E-state index contributed by atoms with van der Waals surface area (Å²) in [5.41, 5.74) is 2.76. The summed E-state index contributed by atoms with van der Waals surface area (Å²) in [6, 6.07) is 23.2. The molecule has 3 aromatic rings. The zero-order chi connectivity index (χ0) is 19.3. The third-order valence-electron chi connectivity index (χ3n) is 4.36. The predicted molar refractivity (Wildman–Crippen MR) is 108 cm³/mol. The van der Waals surface area contributed by atoms with Gasteiger partial charge in [0.15, 0.2) is 0 Å². The van der Waals surface area contributed by atoms with E-state index in [0.29, 0.717) is 17.0 Å². The second-order valence-corrected chi connectivity index (χ2v) is 6.39. The van der Waals surface area contributed by atoms with Gasteiger partial charge in [0, 0.05) is 16.9 Å². The highest BCUT2D eigenvalue weighted by molar-refractivity contribution is 6.02. The molecule has 140 valence electrons. The normalized spacial score (nSPS) is 15.4. The van der Waals surface area contributed by atoms with Crippen LogP contribution in [0.3, 0.4) is 0 Å². The number of fused-ring (bicyclic) bond motifs is 1. The first-order valence-corrected chi connectivity index (χ1v) is 8.95. The highest BCUT2D eigenvalue weighted by Crippen LogP contribution is 2.26. The molecule has 0 aromatic heterocycles. The van der Waals surface area contributed by atoms with Gasteiger partial charge in [-0.25, -0.2) is 0 Å². The maximum atomic E-state index is 12.7. The number of benzene rings is 3. The summed E-state index contributed by atoms with van der Waals surface area (Å²) in [6.07, 6.45) is 0. The van der Waals surface area contributed by atoms with E-state index in [-0.39, 0.29) is 18.4 Å². The highest BCUT2D eigenvalue weighted by atomic mass is 16.5. The third kappa shape index (κ3) is 3.96. The molecule has 1 aliphatic heterocycles. The Morgan fingerprint density at radius 1 is 0.929 bits per heavy atom. The number of para-hydroxylation sites is 3. The van der Waals surface area contributed by atoms with Crippen molar-refractivity contribution >= 4 is 28.9 Å². The van der Waals surface area contributed by atoms with Crippen LogP contribution in [0.25, 0.3) is 0 Å². The number of carbonyl (C=O) groups is 2. The molecule has 0 aliphatic carbocycles. The lowest BCUT2D eigenvalue weighted by molar-refractivity contribution is -0.118. The van der Waals surface area contributed by atoms with Crippen LogP contribution in [0.1, 0.15) is 10.4 Å². The van der Waals surface area contributed by atoms with Gasteiger partial charge in [0.2, 0.25) is 0 Å². The monoisotopic (exact) mass is 373 g/mol. The van der Waals surface area contributed by atoms with Gasteiger partial charge in [-0.3, -0.25) is 9.59 Å². The fourth-order valence-corrected chi connectivity index (χ4v) is 2.94. The molecular formula is C22H19N3O3. The van der Waals surface area contributed by atoms with Crippen LogP contribution < -0.4 is 20.7 Å². The molecule has 4 rings (SSSR count). The largest absolute Gasteiger partial charge is 0.489 e. The fourth-order valence-electron chi connectivity index (χ4n) is 2.94. The third-order valence-corrected chi connectivity index (χ3v) is 4.36. The van der Waals surface area contributed by atoms with Crippen molar-refractivity contribution in [3.8, 4) is 5.75 Å². The second-order valence-electron chi connectivity index (χ2n) is 6.39. The quantitative estimate of drug-likeness (QED) is 0.653. The van der Waals surface area contributed by atoms with Gasteiger partial charge in [-0.2, -0.15) is 0 Å². The van der Waals surface area contributed by atoms with Crippen LogP contribution in [-0.4, -0.2) is 24.5 Å². The zero-order valence-electron chi connectivity index (χ0n) is 15.0. The summed E-state index contributed by atoms with van der Waals surface area (Å²) in [7, 11) is 0. The maximum Gasteiger partial charge on any atom is 0.252 e. The molecule has 6 nitrogen and oxygen atoms in total. The Labute approximate surface area is 162 Å². The van der Waals surface area contributed by atoms with Crippen LogP contribution in [0.15, 0.2) is 78.9 Å². The van der Waals surface area contributed by atoms with Crippen molar-refractivity contribution in [3.63, 3.8) is 0 Å². The lowest BCUT2D eigenvalue weighted by Crippen LogP contribution is -2.46. The molecule has 3 aromatic carbocycles. The van der Waals surface area contributed by atoms with Gasteiger partial charge in [0.1, 0.15) is 18.4 Å². The van der Waals surface area contributed by atoms with E-state index < -0.39 is 6.04 Å². The first-order chi connectivity index (χ1) is 13.7. The first-order valence-electron chi connectivity index (χ1n) is 8.95. The van der Waals surface area contributed by atoms with Crippen molar-refractivity contribution in [1.29, 1.82) is 0 Å². The average Bonchev–Trinajstić information content (AvgIpc) is 2.88. The minimum atomic E-state index is -0.786. The maximum absolute atomic E-state index is 12.7. The minimum Gasteiger partial charge on any atom is -0.489 e. The minimum absolute atomic E-state index is 0.0660. The Morgan fingerprint density at radius 2 is 1.68 bits per heavy atom. The zero-order valence-corrected chi connectivity index (χ0v) is 15.0. The van der Waals surface area contributed by atoms with Gasteiger partial charge < -0.3 is 20.7 Å². The van der Waals surface area contributed by atoms with E-state index in [4.69, 9.17) is 4.74 Å². The van der Waals surface area contributed by atoms with Crippen LogP contribution in [0.2, 0.25) is 0 Å². The molecule has 0 radical (unpaired) electrons. The molecular weight excluding hydrogens is 354 g/mol. The molecule has 6 heteroatoms. The van der Waals surface area contributed by atoms with Crippen LogP contribution in [-0.2, 0) is 4.79 Å². The summed E-state index contributed by atoms with van der Waals surface area (Å²) >= 11 is 0. The standard InChI is InChI=1S/C22H19N3O3/c26-21(15-7-6-10-17(13-15)23-16-8-2-1-3-9-16)25-19-14-28-20-12-5-4-11-18(20)24-22(19)27/h1-13,19,23H,14H2,(H,24,27)(H,25,26)/t19-/m0/s1. The lowest BCUT2D eigenvalue weighted by Gasteiger charge is -2.15. The van der Waals surface area contributed by atoms with Gasteiger partial charge in [0.05, 0.1) is 5.69 Å². The van der Waals surface area contributed by atoms with E-state index >= 15 is 0 Å². The van der Waals surface area contributed by atoms with Crippen LogP contribution in [0.5, 0.6) is 5.75 Å². The molecule has 1 heterocycles. The second kappa shape index (κ2) is 7.84. The average molecular weight is 373 g/mol. The van der Waals surface area contributed by atoms with Crippen molar-refractivity contribution in [2.75, 3.05) is 17.2 Å². The number of hydrogen-bond acceptors (Lipinski definition) is 4. The predicted octanol–water partition coefficient (Wildman–Crippen LogP) is 3.56. The number of hydrogen-bond donors (Lipinski definition) is 3. The van der Waals surface area contributed by atoms with E-state index in [1.54, 1.807) is 30.3 Å². The molecule has 0 fully saturated rings. The van der Waals surface area contributed by atoms with Crippen LogP contribution >= 0.6 is 0 Å². The van der Waals surface area contributed by atoms with Gasteiger partial charge >= 0.3 is 0 Å². The number of carbonyl (C=O) groups excluding carboxylic acids is 2. The van der Waals surface area contributed by atoms with Gasteiger partial charge in [0.25, 0.3) is 11.8 Å². The van der Waals surface area contributed by atoms with E-state index in [9.17, 15) is 9.59 Å². The summed E-state index contributed by atoms with van der Waals surface area (Å²) in [6.45, 7) is 0.0660. The van der Waals surface area contributed by atoms with E-state index in [0.717, 1.165) is 11.4 Å². The van der Waals surface area contributed by atoms with Gasteiger partial charge in [-0.15, -0.1) is 0 Å². The summed E-state index contributed by atoms with van der Waals surface area (Å²) in [5.74, 6) is -0.0649. The lowest BCUT2D eigenvalue weighted by atomic mass is 10.1. The number of nitrogens with one attached hydrogen (secondary N) is 3. The Kier molecular flexibility index (Phi) is 4.93. The number of rotatable bonds is 4. The molecule has 0 saturated heterocycles. The molecule has 28 heavy (non-hydrogen) atoms. The van der Waals surface area contributed by atoms with Gasteiger partial charge in [-0.1, -0.05) is 36.4 Å². The molecule has 1 aliphatic rings. The van der Waals surface area contributed by atoms with E-state index in [2.05, 4.69) is 16.0 Å².